The van der Waals surface area contributed by atoms with Crippen LogP contribution in [0.4, 0.5) is 0 Å². The molecule has 1 N–H and O–H groups in total. The van der Waals surface area contributed by atoms with Crippen molar-refractivity contribution < 1.29 is 9.90 Å². The summed E-state index contributed by atoms with van der Waals surface area (Å²) in [6.07, 6.45) is 2.30. The minimum Gasteiger partial charge on any atom is -0.393 e. The lowest BCUT2D eigenvalue weighted by atomic mass is 9.52. The van der Waals surface area contributed by atoms with Crippen LogP contribution in [0.3, 0.4) is 0 Å². The number of aliphatic hydroxyl groups excluding tert-OH is 1. The van der Waals surface area contributed by atoms with E-state index in [2.05, 4.69) is 20.8 Å². The summed E-state index contributed by atoms with van der Waals surface area (Å²) in [6.45, 7) is 8.73. The van der Waals surface area contributed by atoms with E-state index in [1.165, 1.54) is 5.57 Å². The minimum atomic E-state index is -0.188. The maximum Gasteiger partial charge on any atom is 0.159 e. The van der Waals surface area contributed by atoms with Gasteiger partial charge in [-0.15, -0.1) is 0 Å². The SMILES string of the molecule is CC1=C2C[C@H]3[C@@H](O)C[C@@H](C)[C@]2(CC1=O)C3(C)C. The molecule has 2 heteroatoms. The van der Waals surface area contributed by atoms with Crippen molar-refractivity contribution in [3.05, 3.63) is 11.1 Å². The number of carbonyl (C=O) groups is 1. The van der Waals surface area contributed by atoms with Gasteiger partial charge in [0.2, 0.25) is 0 Å². The molecule has 0 heterocycles. The number of aliphatic hydroxyl groups is 1. The summed E-state index contributed by atoms with van der Waals surface area (Å²) in [4.78, 5) is 12.1. The molecule has 2 fully saturated rings. The van der Waals surface area contributed by atoms with Gasteiger partial charge in [-0.1, -0.05) is 26.3 Å². The van der Waals surface area contributed by atoms with Gasteiger partial charge in [0.05, 0.1) is 6.10 Å². The lowest BCUT2D eigenvalue weighted by Crippen LogP contribution is -2.50. The molecule has 3 aliphatic rings. The van der Waals surface area contributed by atoms with Crippen molar-refractivity contribution in [1.82, 2.24) is 0 Å². The van der Waals surface area contributed by atoms with Gasteiger partial charge in [-0.3, -0.25) is 4.79 Å². The average Bonchev–Trinajstić information content (AvgIpc) is 2.55. The molecule has 2 bridgehead atoms. The van der Waals surface area contributed by atoms with E-state index >= 15 is 0 Å². The molecule has 17 heavy (non-hydrogen) atoms. The normalized spacial score (nSPS) is 47.6. The average molecular weight is 234 g/mol. The molecular weight excluding hydrogens is 212 g/mol. The molecule has 94 valence electrons. The van der Waals surface area contributed by atoms with Crippen LogP contribution in [0.1, 0.15) is 47.0 Å². The topological polar surface area (TPSA) is 37.3 Å². The van der Waals surface area contributed by atoms with Gasteiger partial charge in [0.1, 0.15) is 0 Å². The van der Waals surface area contributed by atoms with Gasteiger partial charge in [-0.05, 0) is 42.6 Å². The first kappa shape index (κ1) is 11.5. The van der Waals surface area contributed by atoms with Gasteiger partial charge in [0, 0.05) is 11.8 Å². The lowest BCUT2D eigenvalue weighted by Gasteiger charge is -2.52. The number of allylic oxidation sites excluding steroid dienone is 2. The third-order valence-electron chi connectivity index (χ3n) is 6.25. The van der Waals surface area contributed by atoms with Crippen molar-refractivity contribution in [3.8, 4) is 0 Å². The number of ketones is 1. The Balaban J connectivity index is 2.23. The Labute approximate surface area is 103 Å². The molecule has 0 aromatic rings. The highest BCUT2D eigenvalue weighted by Gasteiger charge is 2.67. The van der Waals surface area contributed by atoms with Crippen LogP contribution in [0.15, 0.2) is 11.1 Å². The van der Waals surface area contributed by atoms with Crippen LogP contribution in [0.5, 0.6) is 0 Å². The first-order valence-corrected chi connectivity index (χ1v) is 6.74. The van der Waals surface area contributed by atoms with E-state index in [1.807, 2.05) is 6.92 Å². The van der Waals surface area contributed by atoms with E-state index in [0.717, 1.165) is 18.4 Å². The monoisotopic (exact) mass is 234 g/mol. The number of hydrogen-bond acceptors (Lipinski definition) is 2. The second-order valence-electron chi connectivity index (χ2n) is 6.91. The van der Waals surface area contributed by atoms with Gasteiger partial charge in [0.15, 0.2) is 5.78 Å². The zero-order valence-electron chi connectivity index (χ0n) is 11.2. The Kier molecular flexibility index (Phi) is 2.04. The summed E-state index contributed by atoms with van der Waals surface area (Å²) in [5.41, 5.74) is 2.49. The highest BCUT2D eigenvalue weighted by Crippen LogP contribution is 2.71. The Hall–Kier alpha value is -0.630. The van der Waals surface area contributed by atoms with Crippen LogP contribution >= 0.6 is 0 Å². The third kappa shape index (κ3) is 1.04. The number of fused-ring (bicyclic) bond motifs is 1. The van der Waals surface area contributed by atoms with Gasteiger partial charge in [-0.2, -0.15) is 0 Å². The summed E-state index contributed by atoms with van der Waals surface area (Å²) in [6, 6.07) is 0. The van der Waals surface area contributed by atoms with Crippen LogP contribution in [-0.4, -0.2) is 17.0 Å². The summed E-state index contributed by atoms with van der Waals surface area (Å²) >= 11 is 0. The Morgan fingerprint density at radius 3 is 2.65 bits per heavy atom. The summed E-state index contributed by atoms with van der Waals surface area (Å²) in [5.74, 6) is 1.11. The molecule has 2 saturated carbocycles. The molecule has 3 aliphatic carbocycles. The number of Topliss-reactive ketones (excluding diaryl/α,β-unsaturated/α-hetero) is 1. The zero-order valence-corrected chi connectivity index (χ0v) is 11.2. The van der Waals surface area contributed by atoms with E-state index in [9.17, 15) is 9.90 Å². The Morgan fingerprint density at radius 2 is 2.00 bits per heavy atom. The standard InChI is InChI=1S/C15H22O2/c1-8-5-12(16)11-6-10-9(2)13(17)7-15(8,10)14(11,3)4/h8,11-12,16H,5-7H2,1-4H3/t8-,11+,12+,15+/m1/s1. The van der Waals surface area contributed by atoms with Gasteiger partial charge in [0.25, 0.3) is 0 Å². The maximum absolute atomic E-state index is 12.1. The van der Waals surface area contributed by atoms with E-state index in [1.54, 1.807) is 0 Å². The van der Waals surface area contributed by atoms with Crippen molar-refractivity contribution in [1.29, 1.82) is 0 Å². The molecule has 2 nitrogen and oxygen atoms in total. The number of rotatable bonds is 0. The van der Waals surface area contributed by atoms with Gasteiger partial charge >= 0.3 is 0 Å². The summed E-state index contributed by atoms with van der Waals surface area (Å²) in [7, 11) is 0. The molecule has 0 unspecified atom stereocenters. The van der Waals surface area contributed by atoms with Crippen molar-refractivity contribution in [2.45, 2.75) is 53.1 Å². The molecule has 0 amide bonds. The minimum absolute atomic E-state index is 0.0536. The fourth-order valence-corrected chi connectivity index (χ4v) is 5.20. The first-order chi connectivity index (χ1) is 7.82. The molecular formula is C15H22O2. The smallest absolute Gasteiger partial charge is 0.159 e. The Bertz CT molecular complexity index is 432. The molecule has 4 atom stereocenters. The van der Waals surface area contributed by atoms with E-state index < -0.39 is 0 Å². The van der Waals surface area contributed by atoms with Crippen LogP contribution in [0.25, 0.3) is 0 Å². The highest BCUT2D eigenvalue weighted by atomic mass is 16.3. The fourth-order valence-electron chi connectivity index (χ4n) is 5.20. The van der Waals surface area contributed by atoms with Crippen molar-refractivity contribution >= 4 is 5.78 Å². The van der Waals surface area contributed by atoms with Crippen molar-refractivity contribution in [2.24, 2.45) is 22.7 Å². The summed E-state index contributed by atoms with van der Waals surface area (Å²) in [5, 5.41) is 10.3. The predicted molar refractivity (Wildman–Crippen MR) is 66.4 cm³/mol. The highest BCUT2D eigenvalue weighted by molar-refractivity contribution is 6.00. The number of hydrogen-bond donors (Lipinski definition) is 1. The molecule has 0 aromatic carbocycles. The zero-order chi connectivity index (χ0) is 12.6. The van der Waals surface area contributed by atoms with Crippen molar-refractivity contribution in [2.75, 3.05) is 0 Å². The van der Waals surface area contributed by atoms with Gasteiger partial charge in [-0.25, -0.2) is 0 Å². The van der Waals surface area contributed by atoms with Crippen LogP contribution in [0, 0.1) is 22.7 Å². The molecule has 0 saturated heterocycles. The molecule has 0 aromatic heterocycles. The quantitative estimate of drug-likeness (QED) is 0.699. The van der Waals surface area contributed by atoms with Crippen LogP contribution < -0.4 is 0 Å². The fraction of sp³-hybridized carbons (Fsp3) is 0.800. The number of carbonyl (C=O) groups excluding carboxylic acids is 1. The van der Waals surface area contributed by atoms with E-state index in [0.29, 0.717) is 24.0 Å². The molecule has 0 radical (unpaired) electrons. The second kappa shape index (κ2) is 3.03. The molecule has 3 rings (SSSR count). The first-order valence-electron chi connectivity index (χ1n) is 6.74. The van der Waals surface area contributed by atoms with Crippen molar-refractivity contribution in [3.63, 3.8) is 0 Å². The van der Waals surface area contributed by atoms with Gasteiger partial charge < -0.3 is 5.11 Å². The summed E-state index contributed by atoms with van der Waals surface area (Å²) < 4.78 is 0. The second-order valence-corrected chi connectivity index (χ2v) is 6.91. The van der Waals surface area contributed by atoms with Crippen LogP contribution in [-0.2, 0) is 4.79 Å². The molecule has 0 aliphatic heterocycles. The van der Waals surface area contributed by atoms with E-state index in [4.69, 9.17) is 0 Å². The Morgan fingerprint density at radius 1 is 1.35 bits per heavy atom. The third-order valence-corrected chi connectivity index (χ3v) is 6.25. The molecule has 1 spiro atoms. The maximum atomic E-state index is 12.1. The van der Waals surface area contributed by atoms with E-state index in [-0.39, 0.29) is 16.9 Å². The largest absolute Gasteiger partial charge is 0.393 e. The van der Waals surface area contributed by atoms with Crippen LogP contribution in [0.2, 0.25) is 0 Å². The lowest BCUT2D eigenvalue weighted by molar-refractivity contribution is -0.124. The predicted octanol–water partition coefficient (Wildman–Crippen LogP) is 2.71.